The summed E-state index contributed by atoms with van der Waals surface area (Å²) in [6.07, 6.45) is 1.44. The maximum atomic E-state index is 11.2. The Kier molecular flexibility index (Phi) is 3.60. The van der Waals surface area contributed by atoms with Crippen molar-refractivity contribution in [2.24, 2.45) is 0 Å². The second-order valence-corrected chi connectivity index (χ2v) is 6.27. The van der Waals surface area contributed by atoms with E-state index >= 15 is 0 Å². The second kappa shape index (κ2) is 5.41. The van der Waals surface area contributed by atoms with Crippen molar-refractivity contribution in [3.63, 3.8) is 0 Å². The number of thiophene rings is 1. The Morgan fingerprint density at radius 3 is 2.86 bits per heavy atom. The van der Waals surface area contributed by atoms with Gasteiger partial charge in [0.2, 0.25) is 0 Å². The lowest BCUT2D eigenvalue weighted by molar-refractivity contribution is 0.0701. The molecule has 0 aromatic carbocycles. The SMILES string of the molecule is Cc1nonc1CSc1ncnc2sc(C(=O)O)c(C)c12. The molecule has 0 amide bonds. The van der Waals surface area contributed by atoms with Crippen molar-refractivity contribution >= 4 is 39.3 Å². The highest BCUT2D eigenvalue weighted by atomic mass is 32.2. The number of hydrogen-bond donors (Lipinski definition) is 1. The van der Waals surface area contributed by atoms with Crippen LogP contribution in [0.5, 0.6) is 0 Å². The molecular weight excluding hydrogens is 312 g/mol. The van der Waals surface area contributed by atoms with Gasteiger partial charge in [-0.1, -0.05) is 22.1 Å². The third-order valence-corrected chi connectivity index (χ3v) is 5.17. The molecule has 0 aliphatic heterocycles. The number of fused-ring (bicyclic) bond motifs is 1. The molecule has 0 aliphatic rings. The molecule has 1 N–H and O–H groups in total. The van der Waals surface area contributed by atoms with Gasteiger partial charge in [0.1, 0.15) is 32.4 Å². The average molecular weight is 322 g/mol. The molecule has 9 heteroatoms. The van der Waals surface area contributed by atoms with Gasteiger partial charge in [-0.15, -0.1) is 11.3 Å². The summed E-state index contributed by atoms with van der Waals surface area (Å²) >= 11 is 2.62. The third-order valence-electron chi connectivity index (χ3n) is 2.98. The van der Waals surface area contributed by atoms with E-state index in [0.29, 0.717) is 21.0 Å². The first-order valence-electron chi connectivity index (χ1n) is 5.96. The average Bonchev–Trinajstić information content (AvgIpc) is 3.01. The Bertz CT molecular complexity index is 827. The largest absolute Gasteiger partial charge is 0.477 e. The summed E-state index contributed by atoms with van der Waals surface area (Å²) < 4.78 is 4.66. The highest BCUT2D eigenvalue weighted by molar-refractivity contribution is 7.98. The van der Waals surface area contributed by atoms with Crippen molar-refractivity contribution in [2.75, 3.05) is 0 Å². The molecule has 3 rings (SSSR count). The summed E-state index contributed by atoms with van der Waals surface area (Å²) in [6, 6.07) is 0. The van der Waals surface area contributed by atoms with Crippen molar-refractivity contribution in [3.05, 3.63) is 28.2 Å². The number of carbonyl (C=O) groups is 1. The number of hydrogen-bond acceptors (Lipinski definition) is 8. The minimum atomic E-state index is -0.942. The van der Waals surface area contributed by atoms with E-state index in [1.807, 2.05) is 6.92 Å². The molecule has 0 aliphatic carbocycles. The molecule has 3 aromatic heterocycles. The van der Waals surface area contributed by atoms with Gasteiger partial charge in [0, 0.05) is 11.1 Å². The first kappa shape index (κ1) is 14.0. The first-order valence-corrected chi connectivity index (χ1v) is 7.76. The summed E-state index contributed by atoms with van der Waals surface area (Å²) in [5.74, 6) is -0.387. The van der Waals surface area contributed by atoms with Gasteiger partial charge < -0.3 is 5.11 Å². The Morgan fingerprint density at radius 2 is 2.19 bits per heavy atom. The van der Waals surface area contributed by atoms with E-state index in [1.165, 1.54) is 18.1 Å². The van der Waals surface area contributed by atoms with Gasteiger partial charge in [0.05, 0.1) is 0 Å². The number of nitrogens with zero attached hydrogens (tertiary/aromatic N) is 4. The van der Waals surface area contributed by atoms with Crippen molar-refractivity contribution in [1.82, 2.24) is 20.3 Å². The van der Waals surface area contributed by atoms with Crippen LogP contribution in [0.15, 0.2) is 16.0 Å². The lowest BCUT2D eigenvalue weighted by atomic mass is 10.2. The van der Waals surface area contributed by atoms with Gasteiger partial charge in [0.25, 0.3) is 0 Å². The number of carboxylic acid groups (broad SMARTS) is 1. The van der Waals surface area contributed by atoms with E-state index in [0.717, 1.165) is 33.1 Å². The minimum absolute atomic E-state index is 0.298. The Labute approximate surface area is 127 Å². The van der Waals surface area contributed by atoms with Crippen molar-refractivity contribution in [1.29, 1.82) is 0 Å². The minimum Gasteiger partial charge on any atom is -0.477 e. The molecule has 3 aromatic rings. The standard InChI is InChI=1S/C12H10N4O3S2/c1-5-8-10(20-3-7-6(2)15-19-16-7)13-4-14-11(8)21-9(5)12(17)18/h4H,3H2,1-2H3,(H,17,18). The van der Waals surface area contributed by atoms with Crippen LogP contribution >= 0.6 is 23.1 Å². The van der Waals surface area contributed by atoms with Gasteiger partial charge in [-0.3, -0.25) is 0 Å². The van der Waals surface area contributed by atoms with Crippen molar-refractivity contribution in [2.45, 2.75) is 24.6 Å². The highest BCUT2D eigenvalue weighted by Crippen LogP contribution is 2.35. The van der Waals surface area contributed by atoms with Crippen molar-refractivity contribution in [3.8, 4) is 0 Å². The zero-order chi connectivity index (χ0) is 15.0. The normalized spacial score (nSPS) is 11.1. The molecule has 0 spiro atoms. The molecule has 3 heterocycles. The molecule has 7 nitrogen and oxygen atoms in total. The van der Waals surface area contributed by atoms with E-state index in [-0.39, 0.29) is 0 Å². The molecule has 0 atom stereocenters. The molecule has 0 saturated carbocycles. The molecule has 0 fully saturated rings. The van der Waals surface area contributed by atoms with Gasteiger partial charge in [-0.25, -0.2) is 19.4 Å². The van der Waals surface area contributed by atoms with Crippen LogP contribution in [0, 0.1) is 13.8 Å². The van der Waals surface area contributed by atoms with E-state index in [2.05, 4.69) is 24.9 Å². The van der Waals surface area contributed by atoms with Crippen LogP contribution < -0.4 is 0 Å². The lowest BCUT2D eigenvalue weighted by Crippen LogP contribution is -1.94. The fourth-order valence-corrected chi connectivity index (χ4v) is 3.97. The van der Waals surface area contributed by atoms with Gasteiger partial charge in [0.15, 0.2) is 0 Å². The monoisotopic (exact) mass is 322 g/mol. The third kappa shape index (κ3) is 2.49. The molecule has 0 radical (unpaired) electrons. The zero-order valence-corrected chi connectivity index (χ0v) is 12.8. The first-order chi connectivity index (χ1) is 10.1. The van der Waals surface area contributed by atoms with Gasteiger partial charge in [-0.05, 0) is 19.4 Å². The van der Waals surface area contributed by atoms with E-state index in [4.69, 9.17) is 0 Å². The fourth-order valence-electron chi connectivity index (χ4n) is 1.87. The van der Waals surface area contributed by atoms with Crippen molar-refractivity contribution < 1.29 is 14.5 Å². The smallest absolute Gasteiger partial charge is 0.346 e. The number of aryl methyl sites for hydroxylation is 2. The molecule has 21 heavy (non-hydrogen) atoms. The second-order valence-electron chi connectivity index (χ2n) is 4.31. The summed E-state index contributed by atoms with van der Waals surface area (Å²) in [4.78, 5) is 20.6. The summed E-state index contributed by atoms with van der Waals surface area (Å²) in [6.45, 7) is 3.60. The van der Waals surface area contributed by atoms with Crippen LogP contribution in [0.25, 0.3) is 10.2 Å². The maximum Gasteiger partial charge on any atom is 0.346 e. The predicted octanol–water partition coefficient (Wildman–Crippen LogP) is 2.68. The maximum absolute atomic E-state index is 11.2. The van der Waals surface area contributed by atoms with E-state index < -0.39 is 5.97 Å². The Balaban J connectivity index is 1.99. The van der Waals surface area contributed by atoms with Crippen LogP contribution in [0.1, 0.15) is 26.6 Å². The van der Waals surface area contributed by atoms with Crippen LogP contribution in [-0.2, 0) is 5.75 Å². The number of aromatic nitrogens is 4. The molecule has 0 unspecified atom stereocenters. The number of aromatic carboxylic acids is 1. The summed E-state index contributed by atoms with van der Waals surface area (Å²) in [5, 5.41) is 18.3. The summed E-state index contributed by atoms with van der Waals surface area (Å²) in [5.41, 5.74) is 2.18. The van der Waals surface area contributed by atoms with Crippen LogP contribution in [-0.4, -0.2) is 31.4 Å². The molecule has 0 bridgehead atoms. The fraction of sp³-hybridized carbons (Fsp3) is 0.250. The Morgan fingerprint density at radius 1 is 1.38 bits per heavy atom. The quantitative estimate of drug-likeness (QED) is 0.578. The predicted molar refractivity (Wildman–Crippen MR) is 77.7 cm³/mol. The van der Waals surface area contributed by atoms with E-state index in [1.54, 1.807) is 6.92 Å². The molecule has 0 saturated heterocycles. The van der Waals surface area contributed by atoms with Crippen LogP contribution in [0.4, 0.5) is 0 Å². The zero-order valence-electron chi connectivity index (χ0n) is 11.2. The van der Waals surface area contributed by atoms with Crippen LogP contribution in [0.3, 0.4) is 0 Å². The van der Waals surface area contributed by atoms with Gasteiger partial charge >= 0.3 is 5.97 Å². The van der Waals surface area contributed by atoms with E-state index in [9.17, 15) is 9.90 Å². The topological polar surface area (TPSA) is 102 Å². The molecular formula is C12H10N4O3S2. The van der Waals surface area contributed by atoms with Crippen LogP contribution in [0.2, 0.25) is 0 Å². The molecule has 108 valence electrons. The van der Waals surface area contributed by atoms with Gasteiger partial charge in [-0.2, -0.15) is 0 Å². The number of rotatable bonds is 4. The summed E-state index contributed by atoms with van der Waals surface area (Å²) in [7, 11) is 0. The number of thioether (sulfide) groups is 1. The Hall–Kier alpha value is -2.00. The highest BCUT2D eigenvalue weighted by Gasteiger charge is 2.19. The lowest BCUT2D eigenvalue weighted by Gasteiger charge is -2.01. The number of carboxylic acids is 1.